The summed E-state index contributed by atoms with van der Waals surface area (Å²) in [5.74, 6) is -0.289. The van der Waals surface area contributed by atoms with E-state index in [-0.39, 0.29) is 18.1 Å². The summed E-state index contributed by atoms with van der Waals surface area (Å²) < 4.78 is 0. The molecule has 2 rings (SSSR count). The fourth-order valence-corrected chi connectivity index (χ4v) is 2.91. The molecular formula is C13H17N3O3S. The summed E-state index contributed by atoms with van der Waals surface area (Å²) in [5, 5.41) is 12.6. The second-order valence-electron chi connectivity index (χ2n) is 4.99. The van der Waals surface area contributed by atoms with Crippen LogP contribution in [0, 0.1) is 6.92 Å². The highest BCUT2D eigenvalue weighted by atomic mass is 32.1. The van der Waals surface area contributed by atoms with Gasteiger partial charge in [0, 0.05) is 0 Å². The maximum absolute atomic E-state index is 12.3. The Morgan fingerprint density at radius 1 is 1.60 bits per heavy atom. The molecule has 108 valence electrons. The average Bonchev–Trinajstić information content (AvgIpc) is 2.77. The first kappa shape index (κ1) is 14.7. The number of carbonyl (C=O) groups is 1. The molecule has 0 spiro atoms. The molecule has 0 radical (unpaired) electrons. The predicted molar refractivity (Wildman–Crippen MR) is 78.2 cm³/mol. The van der Waals surface area contributed by atoms with Gasteiger partial charge >= 0.3 is 0 Å². The van der Waals surface area contributed by atoms with Crippen molar-refractivity contribution in [2.45, 2.75) is 32.7 Å². The van der Waals surface area contributed by atoms with E-state index in [1.54, 1.807) is 13.8 Å². The van der Waals surface area contributed by atoms with E-state index in [0.29, 0.717) is 27.1 Å². The molecule has 0 saturated carbocycles. The number of nitrogens with one attached hydrogen (secondary N) is 2. The lowest BCUT2D eigenvalue weighted by atomic mass is 10.00. The van der Waals surface area contributed by atoms with Gasteiger partial charge < -0.3 is 15.4 Å². The summed E-state index contributed by atoms with van der Waals surface area (Å²) in [6.45, 7) is 5.25. The van der Waals surface area contributed by atoms with Gasteiger partial charge in [-0.1, -0.05) is 6.92 Å². The van der Waals surface area contributed by atoms with Crippen LogP contribution in [0.1, 0.15) is 35.5 Å². The lowest BCUT2D eigenvalue weighted by Crippen LogP contribution is -2.48. The molecule has 0 aliphatic heterocycles. The Bertz CT molecular complexity index is 700. The van der Waals surface area contributed by atoms with Crippen LogP contribution in [-0.4, -0.2) is 33.1 Å². The monoisotopic (exact) mass is 295 g/mol. The summed E-state index contributed by atoms with van der Waals surface area (Å²) in [5.41, 5.74) is -0.295. The third-order valence-electron chi connectivity index (χ3n) is 3.48. The fourth-order valence-electron chi connectivity index (χ4n) is 1.87. The molecule has 0 fully saturated rings. The Balaban J connectivity index is 2.44. The number of aromatic amines is 1. The van der Waals surface area contributed by atoms with Gasteiger partial charge in [0.15, 0.2) is 0 Å². The van der Waals surface area contributed by atoms with Gasteiger partial charge in [0.1, 0.15) is 4.83 Å². The van der Waals surface area contributed by atoms with Crippen LogP contribution in [0.25, 0.3) is 10.2 Å². The standard InChI is InChI=1S/C13H17N3O3S/c1-4-13(3,5-17)16-11(19)9-7(2)8-10(18)14-6-15-12(8)20-9/h6,17H,4-5H2,1-3H3,(H,16,19)(H,14,15,18). The minimum atomic E-state index is -0.667. The summed E-state index contributed by atoms with van der Waals surface area (Å²) in [4.78, 5) is 31.7. The van der Waals surface area contributed by atoms with Crippen LogP contribution in [0.4, 0.5) is 0 Å². The van der Waals surface area contributed by atoms with E-state index in [9.17, 15) is 14.7 Å². The average molecular weight is 295 g/mol. The molecule has 1 amide bonds. The number of hydrogen-bond acceptors (Lipinski definition) is 5. The first-order valence-electron chi connectivity index (χ1n) is 6.32. The number of aliphatic hydroxyl groups excluding tert-OH is 1. The Labute approximate surface area is 119 Å². The number of aromatic nitrogens is 2. The van der Waals surface area contributed by atoms with E-state index >= 15 is 0 Å². The highest BCUT2D eigenvalue weighted by Gasteiger charge is 2.26. The molecule has 7 heteroatoms. The second-order valence-corrected chi connectivity index (χ2v) is 5.99. The molecule has 1 unspecified atom stereocenters. The number of nitrogens with zero attached hydrogens (tertiary/aromatic N) is 1. The van der Waals surface area contributed by atoms with Crippen LogP contribution in [0.5, 0.6) is 0 Å². The van der Waals surface area contributed by atoms with Crippen LogP contribution in [0.2, 0.25) is 0 Å². The fraction of sp³-hybridized carbons (Fsp3) is 0.462. The molecule has 20 heavy (non-hydrogen) atoms. The number of hydrogen-bond donors (Lipinski definition) is 3. The molecule has 6 nitrogen and oxygen atoms in total. The zero-order valence-corrected chi connectivity index (χ0v) is 12.4. The van der Waals surface area contributed by atoms with Crippen molar-refractivity contribution in [2.75, 3.05) is 6.61 Å². The molecular weight excluding hydrogens is 278 g/mol. The Hall–Kier alpha value is -1.73. The SMILES string of the molecule is CCC(C)(CO)NC(=O)c1sc2nc[nH]c(=O)c2c1C. The van der Waals surface area contributed by atoms with Crippen molar-refractivity contribution in [3.63, 3.8) is 0 Å². The van der Waals surface area contributed by atoms with E-state index < -0.39 is 5.54 Å². The van der Waals surface area contributed by atoms with Crippen molar-refractivity contribution in [1.82, 2.24) is 15.3 Å². The molecule has 3 N–H and O–H groups in total. The van der Waals surface area contributed by atoms with Crippen molar-refractivity contribution in [2.24, 2.45) is 0 Å². The normalized spacial score (nSPS) is 14.2. The maximum Gasteiger partial charge on any atom is 0.262 e. The largest absolute Gasteiger partial charge is 0.394 e. The first-order chi connectivity index (χ1) is 9.41. The molecule has 0 aliphatic rings. The van der Waals surface area contributed by atoms with E-state index in [1.165, 1.54) is 17.7 Å². The zero-order chi connectivity index (χ0) is 14.9. The summed E-state index contributed by atoms with van der Waals surface area (Å²) >= 11 is 1.18. The molecule has 1 atom stereocenters. The minimum Gasteiger partial charge on any atom is -0.394 e. The van der Waals surface area contributed by atoms with Crippen molar-refractivity contribution in [3.05, 3.63) is 27.1 Å². The minimum absolute atomic E-state index is 0.141. The van der Waals surface area contributed by atoms with Crippen LogP contribution in [-0.2, 0) is 0 Å². The van der Waals surface area contributed by atoms with Crippen molar-refractivity contribution < 1.29 is 9.90 Å². The molecule has 2 heterocycles. The predicted octanol–water partition coefficient (Wildman–Crippen LogP) is 1.18. The van der Waals surface area contributed by atoms with Crippen molar-refractivity contribution in [3.8, 4) is 0 Å². The molecule has 2 aromatic heterocycles. The maximum atomic E-state index is 12.3. The van der Waals surface area contributed by atoms with E-state index in [0.717, 1.165) is 0 Å². The number of rotatable bonds is 4. The third-order valence-corrected chi connectivity index (χ3v) is 4.68. The lowest BCUT2D eigenvalue weighted by molar-refractivity contribution is 0.0851. The second kappa shape index (κ2) is 5.34. The van der Waals surface area contributed by atoms with Gasteiger partial charge in [-0.05, 0) is 25.8 Å². The topological polar surface area (TPSA) is 95.1 Å². The van der Waals surface area contributed by atoms with Gasteiger partial charge in [-0.3, -0.25) is 9.59 Å². The Morgan fingerprint density at radius 3 is 2.85 bits per heavy atom. The number of H-pyrrole nitrogens is 1. The number of thiophene rings is 1. The molecule has 2 aromatic rings. The van der Waals surface area contributed by atoms with Crippen LogP contribution >= 0.6 is 11.3 Å². The number of aryl methyl sites for hydroxylation is 1. The third kappa shape index (κ3) is 2.46. The van der Waals surface area contributed by atoms with E-state index in [1.807, 2.05) is 6.92 Å². The van der Waals surface area contributed by atoms with E-state index in [2.05, 4.69) is 15.3 Å². The number of amides is 1. The zero-order valence-electron chi connectivity index (χ0n) is 11.6. The first-order valence-corrected chi connectivity index (χ1v) is 7.13. The number of carbonyl (C=O) groups excluding carboxylic acids is 1. The Morgan fingerprint density at radius 2 is 2.30 bits per heavy atom. The van der Waals surface area contributed by atoms with Gasteiger partial charge in [-0.25, -0.2) is 4.98 Å². The van der Waals surface area contributed by atoms with E-state index in [4.69, 9.17) is 0 Å². The van der Waals surface area contributed by atoms with Crippen LogP contribution in [0.15, 0.2) is 11.1 Å². The summed E-state index contributed by atoms with van der Waals surface area (Å²) in [6.07, 6.45) is 1.93. The van der Waals surface area contributed by atoms with Gasteiger partial charge in [0.2, 0.25) is 0 Å². The van der Waals surface area contributed by atoms with Crippen molar-refractivity contribution in [1.29, 1.82) is 0 Å². The van der Waals surface area contributed by atoms with Gasteiger partial charge in [-0.2, -0.15) is 0 Å². The highest BCUT2D eigenvalue weighted by molar-refractivity contribution is 7.20. The van der Waals surface area contributed by atoms with Crippen LogP contribution in [0.3, 0.4) is 0 Å². The van der Waals surface area contributed by atoms with Gasteiger partial charge in [0.25, 0.3) is 11.5 Å². The molecule has 0 bridgehead atoms. The number of fused-ring (bicyclic) bond motifs is 1. The summed E-state index contributed by atoms with van der Waals surface area (Å²) in [7, 11) is 0. The van der Waals surface area contributed by atoms with Crippen LogP contribution < -0.4 is 10.9 Å². The molecule has 0 aliphatic carbocycles. The van der Waals surface area contributed by atoms with Gasteiger partial charge in [-0.15, -0.1) is 11.3 Å². The van der Waals surface area contributed by atoms with Crippen molar-refractivity contribution >= 4 is 27.5 Å². The highest BCUT2D eigenvalue weighted by Crippen LogP contribution is 2.27. The molecule has 0 aromatic carbocycles. The smallest absolute Gasteiger partial charge is 0.262 e. The van der Waals surface area contributed by atoms with Gasteiger partial charge in [0.05, 0.1) is 28.7 Å². The molecule has 0 saturated heterocycles. The summed E-state index contributed by atoms with van der Waals surface area (Å²) in [6, 6.07) is 0. The Kier molecular flexibility index (Phi) is 3.92. The number of aliphatic hydroxyl groups is 1. The lowest BCUT2D eigenvalue weighted by Gasteiger charge is -2.26. The quantitative estimate of drug-likeness (QED) is 0.789.